The van der Waals surface area contributed by atoms with Crippen LogP contribution in [0.1, 0.15) is 24.6 Å². The van der Waals surface area contributed by atoms with E-state index in [0.717, 1.165) is 19.4 Å². The highest BCUT2D eigenvalue weighted by Gasteiger charge is 2.27. The summed E-state index contributed by atoms with van der Waals surface area (Å²) in [5.74, 6) is 0.196. The molecule has 0 aliphatic carbocycles. The van der Waals surface area contributed by atoms with E-state index in [4.69, 9.17) is 5.73 Å². The topological polar surface area (TPSA) is 136 Å². The van der Waals surface area contributed by atoms with Gasteiger partial charge in [0, 0.05) is 32.1 Å². The molecule has 0 amide bonds. The number of hydrogen-bond acceptors (Lipinski definition) is 8. The predicted octanol–water partition coefficient (Wildman–Crippen LogP) is 0.790. The molecule has 1 atom stereocenters. The number of nitro groups is 1. The maximum Gasteiger partial charge on any atom is 0.406 e. The van der Waals surface area contributed by atoms with Gasteiger partial charge in [-0.3, -0.25) is 0 Å². The first kappa shape index (κ1) is 15.0. The molecule has 1 aliphatic heterocycles. The third-order valence-corrected chi connectivity index (χ3v) is 3.97. The number of nitrogens with two attached hydrogens (primary N) is 1. The third kappa shape index (κ3) is 2.87. The number of nitrogens with zero attached hydrogens (tertiary/aromatic N) is 6. The van der Waals surface area contributed by atoms with Crippen molar-refractivity contribution in [1.29, 1.82) is 0 Å². The van der Waals surface area contributed by atoms with E-state index in [1.165, 1.54) is 16.9 Å². The molecule has 10 heteroatoms. The predicted molar refractivity (Wildman–Crippen MR) is 82.2 cm³/mol. The summed E-state index contributed by atoms with van der Waals surface area (Å²) in [7, 11) is 1.74. The number of piperidine rings is 1. The molecule has 0 saturated carbocycles. The third-order valence-electron chi connectivity index (χ3n) is 3.97. The van der Waals surface area contributed by atoms with Crippen molar-refractivity contribution in [3.8, 4) is 5.75 Å². The van der Waals surface area contributed by atoms with Gasteiger partial charge in [0.25, 0.3) is 0 Å². The minimum Gasteiger partial charge on any atom is -0.501 e. The van der Waals surface area contributed by atoms with Crippen LogP contribution in [0.4, 0.5) is 17.5 Å². The Kier molecular flexibility index (Phi) is 3.72. The zero-order chi connectivity index (χ0) is 16.6. The van der Waals surface area contributed by atoms with E-state index in [-0.39, 0.29) is 5.92 Å². The van der Waals surface area contributed by atoms with Gasteiger partial charge in [-0.1, -0.05) is 0 Å². The summed E-state index contributed by atoms with van der Waals surface area (Å²) in [6.07, 6.45) is 3.26. The fraction of sp³-hybridized carbons (Fsp3) is 0.462. The fourth-order valence-corrected chi connectivity index (χ4v) is 2.76. The second kappa shape index (κ2) is 5.71. The lowest BCUT2D eigenvalue weighted by Crippen LogP contribution is -2.34. The lowest BCUT2D eigenvalue weighted by atomic mass is 9.97. The monoisotopic (exact) mass is 319 g/mol. The van der Waals surface area contributed by atoms with Crippen LogP contribution in [-0.2, 0) is 7.05 Å². The van der Waals surface area contributed by atoms with Gasteiger partial charge in [0.15, 0.2) is 12.0 Å². The average Bonchev–Trinajstić information content (AvgIpc) is 2.86. The second-order valence-electron chi connectivity index (χ2n) is 5.53. The second-order valence-corrected chi connectivity index (χ2v) is 5.53. The van der Waals surface area contributed by atoms with E-state index in [0.29, 0.717) is 24.0 Å². The Morgan fingerprint density at radius 2 is 2.30 bits per heavy atom. The van der Waals surface area contributed by atoms with Gasteiger partial charge in [-0.25, -0.2) is 4.68 Å². The van der Waals surface area contributed by atoms with E-state index in [1.54, 1.807) is 7.05 Å². The van der Waals surface area contributed by atoms with Crippen LogP contribution in [0.25, 0.3) is 0 Å². The summed E-state index contributed by atoms with van der Waals surface area (Å²) in [4.78, 5) is 20.0. The van der Waals surface area contributed by atoms with Crippen LogP contribution < -0.4 is 10.6 Å². The maximum absolute atomic E-state index is 10.7. The SMILES string of the molecule is Cn1nc(C2CCCN(c3cnc([N+](=O)[O-])c(O)c3)C2)nc1N. The molecular weight excluding hydrogens is 302 g/mol. The summed E-state index contributed by atoms with van der Waals surface area (Å²) in [6, 6.07) is 1.37. The molecule has 1 aliphatic rings. The van der Waals surface area contributed by atoms with Crippen molar-refractivity contribution < 1.29 is 10.0 Å². The van der Waals surface area contributed by atoms with Crippen LogP contribution in [0, 0.1) is 10.1 Å². The van der Waals surface area contributed by atoms with Crippen molar-refractivity contribution in [2.75, 3.05) is 23.7 Å². The van der Waals surface area contributed by atoms with E-state index in [2.05, 4.69) is 15.1 Å². The van der Waals surface area contributed by atoms with Crippen LogP contribution in [-0.4, -0.2) is 42.9 Å². The number of pyridine rings is 1. The van der Waals surface area contributed by atoms with Crippen LogP contribution in [0.2, 0.25) is 0 Å². The van der Waals surface area contributed by atoms with E-state index < -0.39 is 16.5 Å². The van der Waals surface area contributed by atoms with Crippen molar-refractivity contribution >= 4 is 17.5 Å². The molecule has 1 saturated heterocycles. The Bertz CT molecular complexity index is 726. The van der Waals surface area contributed by atoms with E-state index in [1.807, 2.05) is 4.90 Å². The lowest BCUT2D eigenvalue weighted by Gasteiger charge is -2.32. The number of rotatable bonds is 3. The van der Waals surface area contributed by atoms with Crippen molar-refractivity contribution in [3.05, 3.63) is 28.2 Å². The Morgan fingerprint density at radius 1 is 1.52 bits per heavy atom. The molecule has 0 bridgehead atoms. The minimum atomic E-state index is -0.710. The highest BCUT2D eigenvalue weighted by molar-refractivity contribution is 5.54. The Labute approximate surface area is 131 Å². The van der Waals surface area contributed by atoms with E-state index in [9.17, 15) is 15.2 Å². The van der Waals surface area contributed by atoms with Gasteiger partial charge in [-0.05, 0) is 22.7 Å². The molecule has 0 radical (unpaired) electrons. The number of aromatic nitrogens is 4. The lowest BCUT2D eigenvalue weighted by molar-refractivity contribution is -0.390. The van der Waals surface area contributed by atoms with Gasteiger partial charge in [-0.15, -0.1) is 0 Å². The number of aryl methyl sites for hydroxylation is 1. The minimum absolute atomic E-state index is 0.115. The van der Waals surface area contributed by atoms with Gasteiger partial charge in [0.1, 0.15) is 0 Å². The normalized spacial score (nSPS) is 18.1. The molecule has 1 fully saturated rings. The van der Waals surface area contributed by atoms with Gasteiger partial charge < -0.3 is 25.9 Å². The molecule has 3 N–H and O–H groups in total. The fourth-order valence-electron chi connectivity index (χ4n) is 2.76. The van der Waals surface area contributed by atoms with Crippen molar-refractivity contribution in [2.24, 2.45) is 7.05 Å². The zero-order valence-corrected chi connectivity index (χ0v) is 12.6. The Hall–Kier alpha value is -2.91. The summed E-state index contributed by atoms with van der Waals surface area (Å²) in [5, 5.41) is 24.8. The van der Waals surface area contributed by atoms with Gasteiger partial charge in [-0.2, -0.15) is 10.1 Å². The van der Waals surface area contributed by atoms with Crippen LogP contribution in [0.15, 0.2) is 12.3 Å². The molecule has 122 valence electrons. The van der Waals surface area contributed by atoms with Crippen LogP contribution >= 0.6 is 0 Å². The molecular formula is C13H17N7O3. The first-order valence-corrected chi connectivity index (χ1v) is 7.20. The molecule has 3 heterocycles. The van der Waals surface area contributed by atoms with Gasteiger partial charge in [0.2, 0.25) is 11.7 Å². The molecule has 2 aromatic heterocycles. The molecule has 23 heavy (non-hydrogen) atoms. The summed E-state index contributed by atoms with van der Waals surface area (Å²) in [6.45, 7) is 1.42. The highest BCUT2D eigenvalue weighted by Crippen LogP contribution is 2.32. The first-order chi connectivity index (χ1) is 11.0. The molecule has 0 spiro atoms. The van der Waals surface area contributed by atoms with Gasteiger partial charge in [0.05, 0.1) is 5.69 Å². The molecule has 2 aromatic rings. The quantitative estimate of drug-likeness (QED) is 0.626. The maximum atomic E-state index is 10.7. The number of aromatic hydroxyl groups is 1. The summed E-state index contributed by atoms with van der Waals surface area (Å²) in [5.41, 5.74) is 6.37. The molecule has 3 rings (SSSR count). The van der Waals surface area contributed by atoms with Crippen LogP contribution in [0.5, 0.6) is 5.75 Å². The van der Waals surface area contributed by atoms with Crippen LogP contribution in [0.3, 0.4) is 0 Å². The Balaban J connectivity index is 1.81. The number of nitrogen functional groups attached to an aromatic ring is 1. The van der Waals surface area contributed by atoms with Crippen molar-refractivity contribution in [3.63, 3.8) is 0 Å². The van der Waals surface area contributed by atoms with E-state index >= 15 is 0 Å². The molecule has 1 unspecified atom stereocenters. The molecule has 10 nitrogen and oxygen atoms in total. The van der Waals surface area contributed by atoms with Gasteiger partial charge >= 0.3 is 5.82 Å². The molecule has 0 aromatic carbocycles. The Morgan fingerprint density at radius 3 is 2.91 bits per heavy atom. The number of hydrogen-bond donors (Lipinski definition) is 2. The van der Waals surface area contributed by atoms with Crippen molar-refractivity contribution in [1.82, 2.24) is 19.7 Å². The smallest absolute Gasteiger partial charge is 0.406 e. The highest BCUT2D eigenvalue weighted by atomic mass is 16.6. The average molecular weight is 319 g/mol. The summed E-state index contributed by atoms with van der Waals surface area (Å²) < 4.78 is 1.54. The standard InChI is InChI=1S/C13H17N7O3/c1-18-13(14)16-11(17-18)8-3-2-4-19(7-8)9-5-10(21)12(15-6-9)20(22)23/h5-6,8,21H,2-4,7H2,1H3,(H2,14,16,17). The zero-order valence-electron chi connectivity index (χ0n) is 12.6. The van der Waals surface area contributed by atoms with Crippen molar-refractivity contribution in [2.45, 2.75) is 18.8 Å². The summed E-state index contributed by atoms with van der Waals surface area (Å²) >= 11 is 0. The number of anilines is 2. The largest absolute Gasteiger partial charge is 0.501 e. The first-order valence-electron chi connectivity index (χ1n) is 7.20.